The van der Waals surface area contributed by atoms with E-state index < -0.39 is 41.6 Å². The molecule has 0 spiro atoms. The molecular weight excluding hydrogens is 549 g/mol. The largest absolute Gasteiger partial charge is 0.508 e. The van der Waals surface area contributed by atoms with Gasteiger partial charge in [0.25, 0.3) is 5.97 Å². The van der Waals surface area contributed by atoms with Crippen LogP contribution in [0.1, 0.15) is 37.8 Å². The number of likely N-dealkylation sites (N-methyl/N-ethyl adjacent to an activating group) is 1. The third kappa shape index (κ3) is 14.1. The van der Waals surface area contributed by atoms with Crippen LogP contribution in [0.25, 0.3) is 0 Å². The van der Waals surface area contributed by atoms with E-state index in [1.165, 1.54) is 23.1 Å². The maximum absolute atomic E-state index is 14.0. The number of phenols is 1. The molecule has 2 aromatic rings. The van der Waals surface area contributed by atoms with E-state index in [2.05, 4.69) is 15.6 Å². The maximum atomic E-state index is 14.0. The number of aliphatic carboxylic acids is 1. The number of carboxylic acids is 1. The van der Waals surface area contributed by atoms with E-state index in [9.17, 15) is 23.9 Å². The number of nitrogens with zero attached hydrogens (tertiary/aromatic N) is 2. The van der Waals surface area contributed by atoms with Crippen LogP contribution in [0.3, 0.4) is 0 Å². The van der Waals surface area contributed by atoms with Crippen molar-refractivity contribution in [3.05, 3.63) is 65.5 Å². The summed E-state index contributed by atoms with van der Waals surface area (Å²) < 4.78 is 14.0. The molecule has 2 rings (SSSR count). The number of aromatic hydroxyl groups is 1. The highest BCUT2D eigenvalue weighted by Gasteiger charge is 2.25. The van der Waals surface area contributed by atoms with Crippen molar-refractivity contribution < 1.29 is 33.8 Å². The Balaban J connectivity index is 0.00000206. The van der Waals surface area contributed by atoms with E-state index in [4.69, 9.17) is 27.1 Å². The van der Waals surface area contributed by atoms with E-state index in [0.717, 1.165) is 12.5 Å². The van der Waals surface area contributed by atoms with E-state index in [1.807, 2.05) is 0 Å². The van der Waals surface area contributed by atoms with Crippen molar-refractivity contribution in [2.75, 3.05) is 19.6 Å². The lowest BCUT2D eigenvalue weighted by atomic mass is 10.0. The summed E-state index contributed by atoms with van der Waals surface area (Å²) in [7, 11) is 0. The summed E-state index contributed by atoms with van der Waals surface area (Å²) in [6.45, 7) is 3.12. The molecule has 13 nitrogen and oxygen atoms in total. The van der Waals surface area contributed by atoms with Crippen molar-refractivity contribution in [3.63, 3.8) is 0 Å². The van der Waals surface area contributed by atoms with Crippen LogP contribution in [0.2, 0.25) is 0 Å². The minimum Gasteiger partial charge on any atom is -0.508 e. The molecule has 0 bridgehead atoms. The van der Waals surface area contributed by atoms with Crippen LogP contribution in [0.5, 0.6) is 5.75 Å². The van der Waals surface area contributed by atoms with Crippen molar-refractivity contribution in [2.45, 2.75) is 51.7 Å². The number of guanidine groups is 1. The molecule has 0 heterocycles. The molecule has 0 unspecified atom stereocenters. The van der Waals surface area contributed by atoms with Crippen molar-refractivity contribution in [1.29, 1.82) is 0 Å². The standard InChI is InChI=1S/C26H36FN7O4.C2H4O2/c1-2-34(16-18-6-3-4-7-20(18)27)23(36)15-32-25(38)22(8-5-13-31-26(29)30)33-24(37)21(28)14-17-9-11-19(35)12-10-17;1-2(3)4/h3-4,6-7,9-12,21-22,35H,2,5,8,13-16,28H2,1H3,(H,32,38)(H,33,37)(H4,29,30,31);1H3,(H,3,4)/t21-,22+;/m0./s1. The van der Waals surface area contributed by atoms with Gasteiger partial charge < -0.3 is 42.9 Å². The van der Waals surface area contributed by atoms with Crippen LogP contribution in [-0.4, -0.2) is 76.5 Å². The van der Waals surface area contributed by atoms with Gasteiger partial charge in [-0.25, -0.2) is 4.39 Å². The lowest BCUT2D eigenvalue weighted by Gasteiger charge is -2.23. The van der Waals surface area contributed by atoms with Gasteiger partial charge in [-0.3, -0.25) is 24.2 Å². The third-order valence-electron chi connectivity index (χ3n) is 5.77. The summed E-state index contributed by atoms with van der Waals surface area (Å²) >= 11 is 0. The summed E-state index contributed by atoms with van der Waals surface area (Å²) in [6, 6.07) is 10.5. The summed E-state index contributed by atoms with van der Waals surface area (Å²) in [5.74, 6) is -2.79. The van der Waals surface area contributed by atoms with E-state index in [0.29, 0.717) is 18.5 Å². The molecule has 0 radical (unpaired) electrons. The van der Waals surface area contributed by atoms with Crippen LogP contribution >= 0.6 is 0 Å². The molecule has 0 saturated carbocycles. The number of benzene rings is 2. The summed E-state index contributed by atoms with van der Waals surface area (Å²) in [5.41, 5.74) is 17.8. The number of nitrogens with two attached hydrogens (primary N) is 3. The Morgan fingerprint density at radius 2 is 1.67 bits per heavy atom. The van der Waals surface area contributed by atoms with Crippen LogP contribution < -0.4 is 27.8 Å². The Morgan fingerprint density at radius 1 is 1.05 bits per heavy atom. The Labute approximate surface area is 244 Å². The van der Waals surface area contributed by atoms with Crippen molar-refractivity contribution in [1.82, 2.24) is 15.5 Å². The number of carbonyl (C=O) groups is 4. The molecule has 0 aliphatic rings. The predicted octanol–water partition coefficient (Wildman–Crippen LogP) is 0.195. The quantitative estimate of drug-likeness (QED) is 0.0905. The SMILES string of the molecule is CC(=O)O.CCN(Cc1ccccc1F)C(=O)CNC(=O)[C@@H](CCCN=C(N)N)NC(=O)[C@@H](N)Cc1ccc(O)cc1. The average Bonchev–Trinajstić information content (AvgIpc) is 2.93. The smallest absolute Gasteiger partial charge is 0.300 e. The molecular formula is C28H40FN7O6. The van der Waals surface area contributed by atoms with Crippen LogP contribution in [0, 0.1) is 5.82 Å². The van der Waals surface area contributed by atoms with Gasteiger partial charge in [-0.15, -0.1) is 0 Å². The Hall–Kier alpha value is -4.72. The number of amides is 3. The first-order chi connectivity index (χ1) is 19.8. The topological polar surface area (TPSA) is 226 Å². The second-order valence-electron chi connectivity index (χ2n) is 9.22. The highest BCUT2D eigenvalue weighted by molar-refractivity contribution is 5.91. The lowest BCUT2D eigenvalue weighted by Crippen LogP contribution is -2.53. The van der Waals surface area contributed by atoms with Crippen molar-refractivity contribution >= 4 is 29.7 Å². The molecule has 2 aromatic carbocycles. The first-order valence-corrected chi connectivity index (χ1v) is 13.2. The summed E-state index contributed by atoms with van der Waals surface area (Å²) in [6.07, 6.45) is 0.765. The number of nitrogens with one attached hydrogen (secondary N) is 2. The molecule has 230 valence electrons. The molecule has 0 aromatic heterocycles. The van der Waals surface area contributed by atoms with E-state index in [1.54, 1.807) is 37.3 Å². The zero-order chi connectivity index (χ0) is 31.7. The summed E-state index contributed by atoms with van der Waals surface area (Å²) in [4.78, 5) is 52.7. The molecule has 0 aliphatic carbocycles. The van der Waals surface area contributed by atoms with E-state index in [-0.39, 0.29) is 44.2 Å². The number of hydrogen-bond acceptors (Lipinski definition) is 7. The van der Waals surface area contributed by atoms with Gasteiger partial charge in [0, 0.05) is 32.1 Å². The first-order valence-electron chi connectivity index (χ1n) is 13.2. The van der Waals surface area contributed by atoms with Crippen molar-refractivity contribution in [2.24, 2.45) is 22.2 Å². The fourth-order valence-corrected chi connectivity index (χ4v) is 3.64. The van der Waals surface area contributed by atoms with Gasteiger partial charge in [0.2, 0.25) is 17.7 Å². The molecule has 0 fully saturated rings. The molecule has 3 amide bonds. The van der Waals surface area contributed by atoms with Gasteiger partial charge in [-0.05, 0) is 49.9 Å². The molecule has 0 saturated heterocycles. The van der Waals surface area contributed by atoms with Gasteiger partial charge in [0.15, 0.2) is 5.96 Å². The Bertz CT molecular complexity index is 1200. The van der Waals surface area contributed by atoms with Gasteiger partial charge in [0.05, 0.1) is 12.6 Å². The molecule has 2 atom stereocenters. The highest BCUT2D eigenvalue weighted by Crippen LogP contribution is 2.12. The van der Waals surface area contributed by atoms with Crippen LogP contribution in [-0.2, 0) is 32.1 Å². The number of carboxylic acid groups (broad SMARTS) is 1. The van der Waals surface area contributed by atoms with Gasteiger partial charge in [-0.1, -0.05) is 30.3 Å². The summed E-state index contributed by atoms with van der Waals surface area (Å²) in [5, 5.41) is 22.0. The third-order valence-corrected chi connectivity index (χ3v) is 5.77. The zero-order valence-corrected chi connectivity index (χ0v) is 23.8. The second kappa shape index (κ2) is 18.6. The fourth-order valence-electron chi connectivity index (χ4n) is 3.64. The number of hydrogen-bond donors (Lipinski definition) is 7. The minimum absolute atomic E-state index is 0.0582. The van der Waals surface area contributed by atoms with Crippen molar-refractivity contribution in [3.8, 4) is 5.75 Å². The molecule has 0 aliphatic heterocycles. The lowest BCUT2D eigenvalue weighted by molar-refractivity contribution is -0.135. The maximum Gasteiger partial charge on any atom is 0.300 e. The van der Waals surface area contributed by atoms with Gasteiger partial charge >= 0.3 is 0 Å². The number of carbonyl (C=O) groups excluding carboxylic acids is 3. The Morgan fingerprint density at radius 3 is 2.24 bits per heavy atom. The second-order valence-corrected chi connectivity index (χ2v) is 9.22. The molecule has 14 heteroatoms. The average molecular weight is 590 g/mol. The van der Waals surface area contributed by atoms with Crippen LogP contribution in [0.4, 0.5) is 4.39 Å². The number of rotatable bonds is 14. The van der Waals surface area contributed by atoms with Crippen LogP contribution in [0.15, 0.2) is 53.5 Å². The van der Waals surface area contributed by atoms with Gasteiger partial charge in [-0.2, -0.15) is 0 Å². The highest BCUT2D eigenvalue weighted by atomic mass is 19.1. The normalized spacial score (nSPS) is 11.6. The van der Waals surface area contributed by atoms with E-state index >= 15 is 0 Å². The number of phenolic OH excluding ortho intramolecular Hbond substituents is 1. The first kappa shape index (κ1) is 35.3. The number of aliphatic imine (C=N–C) groups is 1. The molecule has 42 heavy (non-hydrogen) atoms. The fraction of sp³-hybridized carbons (Fsp3) is 0.393. The van der Waals surface area contributed by atoms with Gasteiger partial charge in [0.1, 0.15) is 17.6 Å². The minimum atomic E-state index is -0.989. The molecule has 10 N–H and O–H groups in total. The Kier molecular flexibility index (Phi) is 15.6. The zero-order valence-electron chi connectivity index (χ0n) is 23.8. The monoisotopic (exact) mass is 589 g/mol. The predicted molar refractivity (Wildman–Crippen MR) is 155 cm³/mol. The number of halogens is 1.